The quantitative estimate of drug-likeness (QED) is 0.171. The average molecular weight is 662 g/mol. The SMILES string of the molecule is c1ccc(-c2ccc3c(c2)-c2c(N(c4ccccc4)c4ccc5ccccc5c4)cc4ccccc4c2C3(c2ccccc2)c2ccccc2)cc1. The highest BCUT2D eigenvalue weighted by molar-refractivity contribution is 6.08. The van der Waals surface area contributed by atoms with E-state index in [-0.39, 0.29) is 0 Å². The van der Waals surface area contributed by atoms with E-state index in [2.05, 4.69) is 217 Å². The molecule has 0 amide bonds. The fourth-order valence-electron chi connectivity index (χ4n) is 8.66. The zero-order valence-electron chi connectivity index (χ0n) is 28.7. The van der Waals surface area contributed by atoms with Crippen molar-refractivity contribution < 1.29 is 0 Å². The van der Waals surface area contributed by atoms with Crippen LogP contribution in [0.25, 0.3) is 43.8 Å². The molecule has 0 aromatic heterocycles. The lowest BCUT2D eigenvalue weighted by Crippen LogP contribution is -2.29. The van der Waals surface area contributed by atoms with Gasteiger partial charge in [0.15, 0.2) is 0 Å². The predicted octanol–water partition coefficient (Wildman–Crippen LogP) is 13.5. The second-order valence-electron chi connectivity index (χ2n) is 13.7. The first-order valence-electron chi connectivity index (χ1n) is 18.0. The third-order valence-corrected chi connectivity index (χ3v) is 10.9. The van der Waals surface area contributed by atoms with Crippen molar-refractivity contribution in [3.05, 3.63) is 235 Å². The molecule has 0 unspecified atom stereocenters. The molecular formula is C51H35N. The molecule has 0 fully saturated rings. The summed E-state index contributed by atoms with van der Waals surface area (Å²) in [6.45, 7) is 0. The van der Waals surface area contributed by atoms with Gasteiger partial charge in [-0.3, -0.25) is 0 Å². The van der Waals surface area contributed by atoms with Crippen LogP contribution in [0.5, 0.6) is 0 Å². The van der Waals surface area contributed by atoms with E-state index >= 15 is 0 Å². The Hall–Kier alpha value is -6.70. The van der Waals surface area contributed by atoms with Gasteiger partial charge in [-0.25, -0.2) is 0 Å². The molecule has 52 heavy (non-hydrogen) atoms. The number of benzene rings is 9. The van der Waals surface area contributed by atoms with Crippen LogP contribution >= 0.6 is 0 Å². The van der Waals surface area contributed by atoms with Crippen molar-refractivity contribution in [1.29, 1.82) is 0 Å². The van der Waals surface area contributed by atoms with Gasteiger partial charge in [-0.15, -0.1) is 0 Å². The fraction of sp³-hybridized carbons (Fsp3) is 0.0196. The van der Waals surface area contributed by atoms with Crippen molar-refractivity contribution >= 4 is 38.6 Å². The summed E-state index contributed by atoms with van der Waals surface area (Å²) < 4.78 is 0. The van der Waals surface area contributed by atoms with Gasteiger partial charge in [-0.1, -0.05) is 176 Å². The molecule has 0 radical (unpaired) electrons. The Morgan fingerprint density at radius 3 is 1.63 bits per heavy atom. The molecule has 1 aliphatic rings. The van der Waals surface area contributed by atoms with Gasteiger partial charge in [-0.2, -0.15) is 0 Å². The van der Waals surface area contributed by atoms with Gasteiger partial charge >= 0.3 is 0 Å². The predicted molar refractivity (Wildman–Crippen MR) is 219 cm³/mol. The molecule has 9 aromatic rings. The third kappa shape index (κ3) is 4.63. The van der Waals surface area contributed by atoms with Crippen LogP contribution in [0.2, 0.25) is 0 Å². The maximum atomic E-state index is 2.47. The lowest BCUT2D eigenvalue weighted by atomic mass is 9.66. The Morgan fingerprint density at radius 2 is 0.942 bits per heavy atom. The van der Waals surface area contributed by atoms with Crippen molar-refractivity contribution in [3.63, 3.8) is 0 Å². The van der Waals surface area contributed by atoms with Gasteiger partial charge in [0.05, 0.1) is 11.1 Å². The van der Waals surface area contributed by atoms with Crippen LogP contribution in [0.3, 0.4) is 0 Å². The first-order chi connectivity index (χ1) is 25.8. The molecule has 0 aliphatic heterocycles. The maximum Gasteiger partial charge on any atom is 0.0720 e. The molecule has 0 N–H and O–H groups in total. The van der Waals surface area contributed by atoms with Gasteiger partial charge < -0.3 is 4.90 Å². The zero-order chi connectivity index (χ0) is 34.5. The summed E-state index contributed by atoms with van der Waals surface area (Å²) in [4.78, 5) is 2.47. The number of anilines is 3. The van der Waals surface area contributed by atoms with Crippen LogP contribution in [-0.2, 0) is 5.41 Å². The van der Waals surface area contributed by atoms with Crippen LogP contribution < -0.4 is 4.90 Å². The molecule has 1 aliphatic carbocycles. The highest BCUT2D eigenvalue weighted by atomic mass is 15.1. The van der Waals surface area contributed by atoms with Gasteiger partial charge in [0.2, 0.25) is 0 Å². The summed E-state index contributed by atoms with van der Waals surface area (Å²) in [5, 5.41) is 4.92. The van der Waals surface area contributed by atoms with E-state index in [1.165, 1.54) is 66.1 Å². The molecule has 1 nitrogen and oxygen atoms in total. The van der Waals surface area contributed by atoms with E-state index in [9.17, 15) is 0 Å². The number of para-hydroxylation sites is 1. The monoisotopic (exact) mass is 661 g/mol. The van der Waals surface area contributed by atoms with Gasteiger partial charge in [0.1, 0.15) is 0 Å². The first kappa shape index (κ1) is 30.2. The Morgan fingerprint density at radius 1 is 0.365 bits per heavy atom. The molecule has 244 valence electrons. The zero-order valence-corrected chi connectivity index (χ0v) is 28.7. The Kier molecular flexibility index (Phi) is 7.11. The van der Waals surface area contributed by atoms with E-state index in [0.717, 1.165) is 17.1 Å². The minimum Gasteiger partial charge on any atom is -0.310 e. The highest BCUT2D eigenvalue weighted by Gasteiger charge is 2.48. The second kappa shape index (κ2) is 12.3. The van der Waals surface area contributed by atoms with Crippen LogP contribution in [0, 0.1) is 0 Å². The summed E-state index contributed by atoms with van der Waals surface area (Å²) in [5.74, 6) is 0. The minimum absolute atomic E-state index is 0.566. The van der Waals surface area contributed by atoms with E-state index in [1.54, 1.807) is 0 Å². The summed E-state index contributed by atoms with van der Waals surface area (Å²) in [5.41, 5.74) is 12.9. The Bertz CT molecular complexity index is 2680. The van der Waals surface area contributed by atoms with E-state index in [0.29, 0.717) is 0 Å². The standard InChI is InChI=1S/C51H35N/c1-5-17-36(18-6-1)39-30-32-47-46(34-39)49-48(52(43-26-11-4-12-27-43)44-31-29-37-19-13-14-20-38(37)33-44)35-40-21-15-16-28-45(40)50(49)51(47,41-22-7-2-8-23-41)42-24-9-3-10-25-42/h1-35H. The number of hydrogen-bond donors (Lipinski definition) is 0. The van der Waals surface area contributed by atoms with Crippen LogP contribution in [0.4, 0.5) is 17.1 Å². The largest absolute Gasteiger partial charge is 0.310 e. The molecule has 10 rings (SSSR count). The summed E-state index contributed by atoms with van der Waals surface area (Å²) in [6.07, 6.45) is 0. The number of nitrogens with zero attached hydrogens (tertiary/aromatic N) is 1. The van der Waals surface area contributed by atoms with E-state index < -0.39 is 5.41 Å². The molecular weight excluding hydrogens is 627 g/mol. The maximum absolute atomic E-state index is 2.47. The Balaban J connectivity index is 1.40. The van der Waals surface area contributed by atoms with Crippen LogP contribution in [-0.4, -0.2) is 0 Å². The van der Waals surface area contributed by atoms with E-state index in [1.807, 2.05) is 0 Å². The smallest absolute Gasteiger partial charge is 0.0720 e. The molecule has 0 atom stereocenters. The lowest BCUT2D eigenvalue weighted by Gasteiger charge is -2.35. The highest BCUT2D eigenvalue weighted by Crippen LogP contribution is 2.62. The molecule has 0 spiro atoms. The number of fused-ring (bicyclic) bond motifs is 6. The van der Waals surface area contributed by atoms with Crippen molar-refractivity contribution in [2.24, 2.45) is 0 Å². The lowest BCUT2D eigenvalue weighted by molar-refractivity contribution is 0.775. The minimum atomic E-state index is -0.566. The van der Waals surface area contributed by atoms with Gasteiger partial charge in [0.25, 0.3) is 0 Å². The average Bonchev–Trinajstić information content (AvgIpc) is 3.54. The normalized spacial score (nSPS) is 12.8. The molecule has 9 aromatic carbocycles. The first-order valence-corrected chi connectivity index (χ1v) is 18.0. The van der Waals surface area contributed by atoms with Crippen molar-refractivity contribution in [2.75, 3.05) is 4.90 Å². The molecule has 0 bridgehead atoms. The number of hydrogen-bond acceptors (Lipinski definition) is 1. The topological polar surface area (TPSA) is 3.24 Å². The van der Waals surface area contributed by atoms with E-state index in [4.69, 9.17) is 0 Å². The second-order valence-corrected chi connectivity index (χ2v) is 13.7. The summed E-state index contributed by atoms with van der Waals surface area (Å²) >= 11 is 0. The molecule has 1 heteroatoms. The van der Waals surface area contributed by atoms with Crippen LogP contribution in [0.15, 0.2) is 212 Å². The van der Waals surface area contributed by atoms with Crippen molar-refractivity contribution in [2.45, 2.75) is 5.41 Å². The van der Waals surface area contributed by atoms with Crippen molar-refractivity contribution in [3.8, 4) is 22.3 Å². The fourth-order valence-corrected chi connectivity index (χ4v) is 8.66. The summed E-state index contributed by atoms with van der Waals surface area (Å²) in [6, 6.07) is 78.0. The third-order valence-electron chi connectivity index (χ3n) is 10.9. The molecule has 0 heterocycles. The van der Waals surface area contributed by atoms with Gasteiger partial charge in [0, 0.05) is 16.9 Å². The molecule has 0 saturated carbocycles. The van der Waals surface area contributed by atoms with Crippen LogP contribution in [0.1, 0.15) is 22.3 Å². The summed E-state index contributed by atoms with van der Waals surface area (Å²) in [7, 11) is 0. The molecule has 0 saturated heterocycles. The van der Waals surface area contributed by atoms with Gasteiger partial charge in [-0.05, 0) is 96.9 Å². The number of rotatable bonds is 6. The Labute approximate surface area is 304 Å². The van der Waals surface area contributed by atoms with Crippen molar-refractivity contribution in [1.82, 2.24) is 0 Å².